The number of alkyl halides is 2. The van der Waals surface area contributed by atoms with Gasteiger partial charge >= 0.3 is 6.61 Å². The molecule has 1 atom stereocenters. The van der Waals surface area contributed by atoms with E-state index >= 15 is 0 Å². The zero-order valence-electron chi connectivity index (χ0n) is 13.2. The molecule has 0 saturated heterocycles. The van der Waals surface area contributed by atoms with Crippen LogP contribution in [0.15, 0.2) is 42.5 Å². The molecule has 4 nitrogen and oxygen atoms in total. The van der Waals surface area contributed by atoms with Gasteiger partial charge in [0.2, 0.25) is 5.91 Å². The predicted molar refractivity (Wildman–Crippen MR) is 84.5 cm³/mol. The van der Waals surface area contributed by atoms with Crippen LogP contribution in [0.2, 0.25) is 0 Å². The van der Waals surface area contributed by atoms with Crippen LogP contribution in [0.3, 0.4) is 0 Å². The van der Waals surface area contributed by atoms with E-state index in [1.54, 1.807) is 6.92 Å². The average Bonchev–Trinajstić information content (AvgIpc) is 2.54. The van der Waals surface area contributed by atoms with E-state index in [1.165, 1.54) is 30.3 Å². The number of rotatable bonds is 7. The summed E-state index contributed by atoms with van der Waals surface area (Å²) >= 11 is 0. The molecule has 0 unspecified atom stereocenters. The minimum atomic E-state index is -2.92. The fourth-order valence-corrected chi connectivity index (χ4v) is 2.13. The van der Waals surface area contributed by atoms with Crippen molar-refractivity contribution in [2.45, 2.75) is 19.6 Å². The lowest BCUT2D eigenvalue weighted by Crippen LogP contribution is -2.30. The van der Waals surface area contributed by atoms with Crippen LogP contribution in [0.25, 0.3) is 0 Å². The minimum absolute atomic E-state index is 0.0217. The van der Waals surface area contributed by atoms with Crippen LogP contribution in [0, 0.1) is 11.6 Å². The van der Waals surface area contributed by atoms with Gasteiger partial charge in [-0.2, -0.15) is 8.78 Å². The van der Waals surface area contributed by atoms with Gasteiger partial charge < -0.3 is 15.4 Å². The molecule has 0 heterocycles. The fraction of sp³-hybridized carbons (Fsp3) is 0.235. The Hall–Kier alpha value is -2.61. The second kappa shape index (κ2) is 8.48. The smallest absolute Gasteiger partial charge is 0.387 e. The van der Waals surface area contributed by atoms with E-state index in [-0.39, 0.29) is 17.9 Å². The monoisotopic (exact) mass is 356 g/mol. The Morgan fingerprint density at radius 3 is 2.40 bits per heavy atom. The molecule has 134 valence electrons. The van der Waals surface area contributed by atoms with Crippen LogP contribution in [0.5, 0.6) is 5.75 Å². The molecule has 0 saturated carbocycles. The third kappa shape index (κ3) is 5.75. The van der Waals surface area contributed by atoms with E-state index in [9.17, 15) is 22.4 Å². The number of hydrogen-bond donors (Lipinski definition) is 2. The Bertz CT molecular complexity index is 723. The van der Waals surface area contributed by atoms with Crippen LogP contribution in [0.1, 0.15) is 18.5 Å². The maximum absolute atomic E-state index is 13.7. The summed E-state index contributed by atoms with van der Waals surface area (Å²) in [5.41, 5.74) is 0.636. The van der Waals surface area contributed by atoms with Gasteiger partial charge in [-0.1, -0.05) is 6.07 Å². The number of ether oxygens (including phenoxy) is 1. The fourth-order valence-electron chi connectivity index (χ4n) is 2.13. The van der Waals surface area contributed by atoms with Gasteiger partial charge in [-0.3, -0.25) is 4.79 Å². The number of amides is 1. The molecule has 8 heteroatoms. The Labute approximate surface area is 141 Å². The Morgan fingerprint density at radius 1 is 1.12 bits per heavy atom. The van der Waals surface area contributed by atoms with E-state index in [2.05, 4.69) is 15.4 Å². The number of benzene rings is 2. The summed E-state index contributed by atoms with van der Waals surface area (Å²) in [6.07, 6.45) is 0. The highest BCUT2D eigenvalue weighted by molar-refractivity contribution is 5.92. The van der Waals surface area contributed by atoms with Gasteiger partial charge in [-0.15, -0.1) is 0 Å². The SMILES string of the molecule is C[C@@H](NCC(=O)Nc1ccc(OC(F)F)cc1)c1ccc(F)cc1F. The van der Waals surface area contributed by atoms with Crippen molar-refractivity contribution in [1.29, 1.82) is 0 Å². The molecule has 2 aromatic rings. The van der Waals surface area contributed by atoms with Gasteiger partial charge in [0.15, 0.2) is 0 Å². The Morgan fingerprint density at radius 2 is 1.80 bits per heavy atom. The molecule has 0 aromatic heterocycles. The first-order valence-corrected chi connectivity index (χ1v) is 7.38. The summed E-state index contributed by atoms with van der Waals surface area (Å²) < 4.78 is 54.8. The van der Waals surface area contributed by atoms with E-state index < -0.39 is 30.2 Å². The molecule has 25 heavy (non-hydrogen) atoms. The van der Waals surface area contributed by atoms with Gasteiger partial charge in [-0.25, -0.2) is 8.78 Å². The highest BCUT2D eigenvalue weighted by Crippen LogP contribution is 2.19. The number of anilines is 1. The molecule has 0 aliphatic carbocycles. The molecule has 2 aromatic carbocycles. The van der Waals surface area contributed by atoms with E-state index in [1.807, 2.05) is 0 Å². The molecule has 1 amide bonds. The van der Waals surface area contributed by atoms with Crippen molar-refractivity contribution in [1.82, 2.24) is 5.32 Å². The molecule has 0 aliphatic rings. The van der Waals surface area contributed by atoms with E-state index in [0.717, 1.165) is 12.1 Å². The van der Waals surface area contributed by atoms with Crippen molar-refractivity contribution in [2.75, 3.05) is 11.9 Å². The Balaban J connectivity index is 1.85. The van der Waals surface area contributed by atoms with Crippen LogP contribution >= 0.6 is 0 Å². The van der Waals surface area contributed by atoms with Crippen molar-refractivity contribution >= 4 is 11.6 Å². The lowest BCUT2D eigenvalue weighted by Gasteiger charge is -2.15. The first kappa shape index (κ1) is 18.7. The average molecular weight is 356 g/mol. The maximum Gasteiger partial charge on any atom is 0.387 e. The number of hydrogen-bond acceptors (Lipinski definition) is 3. The van der Waals surface area contributed by atoms with Crippen molar-refractivity contribution in [2.24, 2.45) is 0 Å². The molecular formula is C17H16F4N2O2. The second-order valence-electron chi connectivity index (χ2n) is 5.22. The van der Waals surface area contributed by atoms with E-state index in [4.69, 9.17) is 0 Å². The van der Waals surface area contributed by atoms with Crippen molar-refractivity contribution in [3.8, 4) is 5.75 Å². The lowest BCUT2D eigenvalue weighted by molar-refractivity contribution is -0.115. The first-order valence-electron chi connectivity index (χ1n) is 7.38. The highest BCUT2D eigenvalue weighted by atomic mass is 19.3. The molecule has 0 fully saturated rings. The van der Waals surface area contributed by atoms with Crippen molar-refractivity contribution in [3.05, 3.63) is 59.7 Å². The molecule has 0 bridgehead atoms. The summed E-state index contributed by atoms with van der Waals surface area (Å²) in [5.74, 6) is -1.80. The molecule has 2 N–H and O–H groups in total. The number of nitrogens with one attached hydrogen (secondary N) is 2. The topological polar surface area (TPSA) is 50.4 Å². The highest BCUT2D eigenvalue weighted by Gasteiger charge is 2.13. The van der Waals surface area contributed by atoms with Crippen LogP contribution in [0.4, 0.5) is 23.2 Å². The van der Waals surface area contributed by atoms with E-state index in [0.29, 0.717) is 5.69 Å². The molecule has 0 aliphatic heterocycles. The quantitative estimate of drug-likeness (QED) is 0.741. The van der Waals surface area contributed by atoms with Gasteiger partial charge in [0, 0.05) is 23.4 Å². The second-order valence-corrected chi connectivity index (χ2v) is 5.22. The summed E-state index contributed by atoms with van der Waals surface area (Å²) in [6, 6.07) is 8.14. The summed E-state index contributed by atoms with van der Waals surface area (Å²) in [6.45, 7) is -1.40. The standard InChI is InChI=1S/C17H16F4N2O2/c1-10(14-7-2-11(18)8-15(14)19)22-9-16(24)23-12-3-5-13(6-4-12)25-17(20)21/h2-8,10,17,22H,9H2,1H3,(H,23,24)/t10-/m1/s1. The predicted octanol–water partition coefficient (Wildman–Crippen LogP) is 3.86. The van der Waals surface area contributed by atoms with Crippen molar-refractivity contribution in [3.63, 3.8) is 0 Å². The Kier molecular flexibility index (Phi) is 6.35. The lowest BCUT2D eigenvalue weighted by atomic mass is 10.1. The van der Waals surface area contributed by atoms with Gasteiger partial charge in [0.05, 0.1) is 6.54 Å². The first-order chi connectivity index (χ1) is 11.8. The summed E-state index contributed by atoms with van der Waals surface area (Å²) in [4.78, 5) is 11.9. The summed E-state index contributed by atoms with van der Waals surface area (Å²) in [7, 11) is 0. The third-order valence-corrected chi connectivity index (χ3v) is 3.36. The number of carbonyl (C=O) groups is 1. The third-order valence-electron chi connectivity index (χ3n) is 3.36. The molecule has 2 rings (SSSR count). The van der Waals surface area contributed by atoms with Gasteiger partial charge in [0.1, 0.15) is 17.4 Å². The number of carbonyl (C=O) groups excluding carboxylic acids is 1. The van der Waals surface area contributed by atoms with Crippen LogP contribution in [-0.4, -0.2) is 19.1 Å². The van der Waals surface area contributed by atoms with Gasteiger partial charge in [-0.05, 0) is 37.3 Å². The molecular weight excluding hydrogens is 340 g/mol. The van der Waals surface area contributed by atoms with Gasteiger partial charge in [0.25, 0.3) is 0 Å². The summed E-state index contributed by atoms with van der Waals surface area (Å²) in [5, 5.41) is 5.37. The normalized spacial score (nSPS) is 12.1. The zero-order valence-corrected chi connectivity index (χ0v) is 13.2. The molecule has 0 spiro atoms. The van der Waals surface area contributed by atoms with Crippen LogP contribution in [-0.2, 0) is 4.79 Å². The van der Waals surface area contributed by atoms with Crippen molar-refractivity contribution < 1.29 is 27.1 Å². The van der Waals surface area contributed by atoms with Crippen LogP contribution < -0.4 is 15.4 Å². The number of halogens is 4. The maximum atomic E-state index is 13.7. The largest absolute Gasteiger partial charge is 0.435 e. The molecule has 0 radical (unpaired) electrons. The zero-order chi connectivity index (χ0) is 18.4. The minimum Gasteiger partial charge on any atom is -0.435 e.